The lowest BCUT2D eigenvalue weighted by molar-refractivity contribution is -0.132. The highest BCUT2D eigenvalue weighted by atomic mass is 16.5. The molecule has 0 aromatic heterocycles. The van der Waals surface area contributed by atoms with Gasteiger partial charge in [-0.15, -0.1) is 0 Å². The molecule has 1 aliphatic rings. The minimum Gasteiger partial charge on any atom is -0.493 e. The minimum atomic E-state index is 0.146. The topological polar surface area (TPSA) is 75.2 Å². The van der Waals surface area contributed by atoms with Crippen LogP contribution in [0.5, 0.6) is 11.5 Å². The number of nitrogens with one attached hydrogen (secondary N) is 2. The van der Waals surface area contributed by atoms with Crippen LogP contribution in [0, 0.1) is 0 Å². The third-order valence-corrected chi connectivity index (χ3v) is 5.81. The number of ether oxygens (including phenoxy) is 2. The summed E-state index contributed by atoms with van der Waals surface area (Å²) in [6.07, 6.45) is 2.07. The van der Waals surface area contributed by atoms with Crippen LogP contribution < -0.4 is 20.1 Å². The molecule has 3 rings (SSSR count). The van der Waals surface area contributed by atoms with E-state index in [1.54, 1.807) is 21.3 Å². The lowest BCUT2D eigenvalue weighted by atomic mass is 9.98. The predicted octanol–water partition coefficient (Wildman–Crippen LogP) is 3.29. The molecule has 1 unspecified atom stereocenters. The molecule has 1 heterocycles. The highest BCUT2D eigenvalue weighted by molar-refractivity contribution is 5.80. The average molecular weight is 439 g/mol. The predicted molar refractivity (Wildman–Crippen MR) is 127 cm³/mol. The maximum Gasteiger partial charge on any atom is 0.222 e. The number of nitrogens with zero attached hydrogens (tertiary/aromatic N) is 2. The molecule has 2 aromatic rings. The van der Waals surface area contributed by atoms with E-state index in [1.807, 2.05) is 35.2 Å². The van der Waals surface area contributed by atoms with Gasteiger partial charge in [-0.3, -0.25) is 9.79 Å². The molecule has 7 nitrogen and oxygen atoms in total. The summed E-state index contributed by atoms with van der Waals surface area (Å²) in [7, 11) is 5.03. The molecule has 0 saturated heterocycles. The van der Waals surface area contributed by atoms with Crippen molar-refractivity contribution in [3.63, 3.8) is 0 Å². The van der Waals surface area contributed by atoms with Crippen molar-refractivity contribution in [3.05, 3.63) is 59.2 Å². The first-order chi connectivity index (χ1) is 15.5. The fourth-order valence-corrected chi connectivity index (χ4v) is 3.93. The number of amides is 1. The average Bonchev–Trinajstić information content (AvgIpc) is 2.84. The molecule has 0 saturated carbocycles. The number of methoxy groups -OCH3 is 2. The largest absolute Gasteiger partial charge is 0.493 e. The van der Waals surface area contributed by atoms with Crippen LogP contribution in [-0.4, -0.2) is 51.1 Å². The number of benzene rings is 2. The first-order valence-corrected chi connectivity index (χ1v) is 11.1. The first kappa shape index (κ1) is 23.4. The Bertz CT molecular complexity index is 930. The summed E-state index contributed by atoms with van der Waals surface area (Å²) in [6.45, 7) is 4.12. The Balaban J connectivity index is 1.45. The van der Waals surface area contributed by atoms with E-state index in [-0.39, 0.29) is 11.9 Å². The van der Waals surface area contributed by atoms with E-state index in [4.69, 9.17) is 9.47 Å². The second-order valence-electron chi connectivity index (χ2n) is 7.92. The highest BCUT2D eigenvalue weighted by Gasteiger charge is 2.22. The zero-order chi connectivity index (χ0) is 22.9. The maximum absolute atomic E-state index is 12.8. The van der Waals surface area contributed by atoms with Crippen LogP contribution >= 0.6 is 0 Å². The van der Waals surface area contributed by atoms with Gasteiger partial charge in [0.1, 0.15) is 0 Å². The molecule has 32 heavy (non-hydrogen) atoms. The Hall–Kier alpha value is -3.22. The Morgan fingerprint density at radius 3 is 2.47 bits per heavy atom. The lowest BCUT2D eigenvalue weighted by Gasteiger charge is -2.29. The number of aliphatic imine (C=N–C) groups is 1. The molecule has 0 spiro atoms. The SMILES string of the molecule is CN=C(NCCCC(=O)N1CCc2cc(OC)c(OC)cc2C1)NC(C)c1ccccc1. The molecule has 2 aromatic carbocycles. The molecule has 0 aliphatic carbocycles. The molecule has 0 fully saturated rings. The van der Waals surface area contributed by atoms with E-state index in [2.05, 4.69) is 34.7 Å². The van der Waals surface area contributed by atoms with Gasteiger partial charge < -0.3 is 25.0 Å². The lowest BCUT2D eigenvalue weighted by Crippen LogP contribution is -2.40. The Kier molecular flexibility index (Phi) is 8.36. The molecule has 172 valence electrons. The van der Waals surface area contributed by atoms with Crippen molar-refractivity contribution < 1.29 is 14.3 Å². The van der Waals surface area contributed by atoms with Gasteiger partial charge in [0.25, 0.3) is 0 Å². The van der Waals surface area contributed by atoms with Gasteiger partial charge in [-0.1, -0.05) is 30.3 Å². The van der Waals surface area contributed by atoms with Crippen LogP contribution in [0.25, 0.3) is 0 Å². The molecule has 0 bridgehead atoms. The van der Waals surface area contributed by atoms with Crippen molar-refractivity contribution in [1.82, 2.24) is 15.5 Å². The van der Waals surface area contributed by atoms with Gasteiger partial charge in [0.05, 0.1) is 20.3 Å². The Morgan fingerprint density at radius 1 is 1.12 bits per heavy atom. The summed E-state index contributed by atoms with van der Waals surface area (Å²) in [5.74, 6) is 2.35. The zero-order valence-electron chi connectivity index (χ0n) is 19.5. The van der Waals surface area contributed by atoms with E-state index in [1.165, 1.54) is 11.1 Å². The second kappa shape index (κ2) is 11.4. The van der Waals surface area contributed by atoms with Crippen LogP contribution in [0.15, 0.2) is 47.5 Å². The van der Waals surface area contributed by atoms with Gasteiger partial charge >= 0.3 is 0 Å². The number of fused-ring (bicyclic) bond motifs is 1. The van der Waals surface area contributed by atoms with Crippen LogP contribution in [0.3, 0.4) is 0 Å². The quantitative estimate of drug-likeness (QED) is 0.376. The normalized spacial score (nSPS) is 14.4. The van der Waals surface area contributed by atoms with Gasteiger partial charge in [-0.25, -0.2) is 0 Å². The monoisotopic (exact) mass is 438 g/mol. The first-order valence-electron chi connectivity index (χ1n) is 11.1. The van der Waals surface area contributed by atoms with Crippen LogP contribution in [0.4, 0.5) is 0 Å². The molecule has 0 radical (unpaired) electrons. The van der Waals surface area contributed by atoms with E-state index < -0.39 is 0 Å². The number of rotatable bonds is 8. The van der Waals surface area contributed by atoms with Gasteiger partial charge in [0.2, 0.25) is 5.91 Å². The van der Waals surface area contributed by atoms with Crippen molar-refractivity contribution in [2.24, 2.45) is 4.99 Å². The second-order valence-corrected chi connectivity index (χ2v) is 7.92. The van der Waals surface area contributed by atoms with Crippen molar-refractivity contribution in [2.75, 3.05) is 34.4 Å². The van der Waals surface area contributed by atoms with Gasteiger partial charge in [-0.05, 0) is 48.6 Å². The van der Waals surface area contributed by atoms with Crippen molar-refractivity contribution in [2.45, 2.75) is 38.8 Å². The zero-order valence-corrected chi connectivity index (χ0v) is 19.5. The van der Waals surface area contributed by atoms with Crippen molar-refractivity contribution in [1.29, 1.82) is 0 Å². The molecule has 1 amide bonds. The number of carbonyl (C=O) groups is 1. The molecular formula is C25H34N4O3. The van der Waals surface area contributed by atoms with E-state index in [9.17, 15) is 4.79 Å². The van der Waals surface area contributed by atoms with Crippen LogP contribution in [-0.2, 0) is 17.8 Å². The van der Waals surface area contributed by atoms with Gasteiger partial charge in [-0.2, -0.15) is 0 Å². The molecular weight excluding hydrogens is 404 g/mol. The van der Waals surface area contributed by atoms with Crippen molar-refractivity contribution >= 4 is 11.9 Å². The maximum atomic E-state index is 12.8. The molecule has 1 atom stereocenters. The number of hydrogen-bond donors (Lipinski definition) is 2. The molecule has 7 heteroatoms. The fraction of sp³-hybridized carbons (Fsp3) is 0.440. The summed E-state index contributed by atoms with van der Waals surface area (Å²) in [4.78, 5) is 19.0. The number of guanidine groups is 1. The number of carbonyl (C=O) groups excluding carboxylic acids is 1. The highest BCUT2D eigenvalue weighted by Crippen LogP contribution is 2.33. The van der Waals surface area contributed by atoms with E-state index >= 15 is 0 Å². The van der Waals surface area contributed by atoms with E-state index in [0.717, 1.165) is 36.7 Å². The third-order valence-electron chi connectivity index (χ3n) is 5.81. The van der Waals surface area contributed by atoms with Crippen LogP contribution in [0.1, 0.15) is 42.5 Å². The van der Waals surface area contributed by atoms with Gasteiger partial charge in [0, 0.05) is 33.1 Å². The standard InChI is InChI=1S/C25H34N4O3/c1-18(19-9-6-5-7-10-19)28-25(26-2)27-13-8-11-24(30)29-14-12-20-15-22(31-3)23(32-4)16-21(20)17-29/h5-7,9-10,15-16,18H,8,11-14,17H2,1-4H3,(H2,26,27,28). The Labute approximate surface area is 190 Å². The van der Waals surface area contributed by atoms with Gasteiger partial charge in [0.15, 0.2) is 17.5 Å². The summed E-state index contributed by atoms with van der Waals surface area (Å²) in [5.41, 5.74) is 3.54. The van der Waals surface area contributed by atoms with E-state index in [0.29, 0.717) is 25.3 Å². The third kappa shape index (κ3) is 5.93. The summed E-state index contributed by atoms with van der Waals surface area (Å²) >= 11 is 0. The molecule has 2 N–H and O–H groups in total. The van der Waals surface area contributed by atoms with Crippen molar-refractivity contribution in [3.8, 4) is 11.5 Å². The minimum absolute atomic E-state index is 0.146. The number of hydrogen-bond acceptors (Lipinski definition) is 4. The fourth-order valence-electron chi connectivity index (χ4n) is 3.93. The summed E-state index contributed by atoms with van der Waals surface area (Å²) < 4.78 is 10.8. The summed E-state index contributed by atoms with van der Waals surface area (Å²) in [5, 5.41) is 6.70. The summed E-state index contributed by atoms with van der Waals surface area (Å²) in [6, 6.07) is 14.4. The smallest absolute Gasteiger partial charge is 0.222 e. The molecule has 1 aliphatic heterocycles. The van der Waals surface area contributed by atoms with Crippen LogP contribution in [0.2, 0.25) is 0 Å². The Morgan fingerprint density at radius 2 is 1.81 bits per heavy atom.